The number of hydrazine groups is 1. The molecular formula is C22H20N4O2S. The molecule has 3 aromatic rings. The second-order valence-electron chi connectivity index (χ2n) is 6.54. The molecule has 29 heavy (non-hydrogen) atoms. The number of hydrogen-bond acceptors (Lipinski definition) is 5. The molecule has 1 aliphatic heterocycles. The Bertz CT molecular complexity index is 1060. The predicted molar refractivity (Wildman–Crippen MR) is 115 cm³/mol. The SMILES string of the molecule is CCc1ccc(-c2csc(NC(=O)C3=CCC(=O)N(c4ccccc4)N3)n2)cc1. The van der Waals surface area contributed by atoms with Crippen molar-refractivity contribution in [1.82, 2.24) is 10.4 Å². The van der Waals surface area contributed by atoms with Crippen LogP contribution < -0.4 is 15.8 Å². The van der Waals surface area contributed by atoms with Crippen LogP contribution in [0.2, 0.25) is 0 Å². The molecule has 146 valence electrons. The van der Waals surface area contributed by atoms with Crippen molar-refractivity contribution in [1.29, 1.82) is 0 Å². The summed E-state index contributed by atoms with van der Waals surface area (Å²) in [6.45, 7) is 2.12. The topological polar surface area (TPSA) is 74.3 Å². The van der Waals surface area contributed by atoms with Crippen LogP contribution in [0, 0.1) is 0 Å². The number of aryl methyl sites for hydroxylation is 1. The highest BCUT2D eigenvalue weighted by Gasteiger charge is 2.24. The molecule has 0 spiro atoms. The zero-order valence-corrected chi connectivity index (χ0v) is 16.7. The summed E-state index contributed by atoms with van der Waals surface area (Å²) >= 11 is 1.37. The number of hydrogen-bond donors (Lipinski definition) is 2. The summed E-state index contributed by atoms with van der Waals surface area (Å²) < 4.78 is 0. The fourth-order valence-corrected chi connectivity index (χ4v) is 3.69. The number of thiazole rings is 1. The molecular weight excluding hydrogens is 384 g/mol. The summed E-state index contributed by atoms with van der Waals surface area (Å²) in [4.78, 5) is 29.4. The van der Waals surface area contributed by atoms with E-state index in [1.165, 1.54) is 21.9 Å². The summed E-state index contributed by atoms with van der Waals surface area (Å²) in [6, 6.07) is 17.4. The summed E-state index contributed by atoms with van der Waals surface area (Å²) in [7, 11) is 0. The van der Waals surface area contributed by atoms with Crippen molar-refractivity contribution in [3.63, 3.8) is 0 Å². The standard InChI is InChI=1S/C22H20N4O2S/c1-2-15-8-10-16(11-9-15)19-14-29-22(23-19)24-21(28)18-12-13-20(27)26(25-18)17-6-4-3-5-7-17/h3-12,14,25H,2,13H2,1H3,(H,23,24,28). The average Bonchev–Trinajstić information content (AvgIpc) is 3.23. The van der Waals surface area contributed by atoms with E-state index in [-0.39, 0.29) is 18.2 Å². The van der Waals surface area contributed by atoms with Gasteiger partial charge >= 0.3 is 0 Å². The van der Waals surface area contributed by atoms with Crippen molar-refractivity contribution in [3.05, 3.63) is 77.3 Å². The van der Waals surface area contributed by atoms with Crippen molar-refractivity contribution in [2.24, 2.45) is 0 Å². The first-order chi connectivity index (χ1) is 14.1. The van der Waals surface area contributed by atoms with Gasteiger partial charge in [-0.05, 0) is 30.2 Å². The molecule has 2 heterocycles. The Labute approximate surface area is 172 Å². The molecule has 2 amide bonds. The van der Waals surface area contributed by atoms with Crippen molar-refractivity contribution in [2.45, 2.75) is 19.8 Å². The third kappa shape index (κ3) is 4.20. The smallest absolute Gasteiger partial charge is 0.275 e. The minimum absolute atomic E-state index is 0.125. The molecule has 1 aromatic heterocycles. The monoisotopic (exact) mass is 404 g/mol. The first-order valence-corrected chi connectivity index (χ1v) is 10.2. The Balaban J connectivity index is 1.45. The number of benzene rings is 2. The first kappa shape index (κ1) is 18.9. The molecule has 2 N–H and O–H groups in total. The average molecular weight is 404 g/mol. The number of carbonyl (C=O) groups is 2. The molecule has 6 nitrogen and oxygen atoms in total. The predicted octanol–water partition coefficient (Wildman–Crippen LogP) is 4.14. The Hall–Kier alpha value is -3.45. The Morgan fingerprint density at radius 1 is 1.17 bits per heavy atom. The fraction of sp³-hybridized carbons (Fsp3) is 0.136. The molecule has 0 bridgehead atoms. The van der Waals surface area contributed by atoms with E-state index >= 15 is 0 Å². The van der Waals surface area contributed by atoms with E-state index in [1.807, 2.05) is 47.8 Å². The second kappa shape index (κ2) is 8.28. The first-order valence-electron chi connectivity index (χ1n) is 9.35. The molecule has 0 fully saturated rings. The third-order valence-corrected chi connectivity index (χ3v) is 5.36. The zero-order valence-electron chi connectivity index (χ0n) is 15.9. The number of amides is 2. The van der Waals surface area contributed by atoms with E-state index in [1.54, 1.807) is 6.08 Å². The minimum atomic E-state index is -0.333. The Kier molecular flexibility index (Phi) is 5.39. The highest BCUT2D eigenvalue weighted by molar-refractivity contribution is 7.14. The highest BCUT2D eigenvalue weighted by atomic mass is 32.1. The lowest BCUT2D eigenvalue weighted by molar-refractivity contribution is -0.119. The number of nitrogens with one attached hydrogen (secondary N) is 2. The number of carbonyl (C=O) groups excluding carboxylic acids is 2. The van der Waals surface area contributed by atoms with Crippen LogP contribution in [0.25, 0.3) is 11.3 Å². The lowest BCUT2D eigenvalue weighted by atomic mass is 10.1. The van der Waals surface area contributed by atoms with Gasteiger partial charge in [-0.3, -0.25) is 20.3 Å². The van der Waals surface area contributed by atoms with Crippen LogP contribution in [-0.2, 0) is 16.0 Å². The van der Waals surface area contributed by atoms with Gasteiger partial charge in [0.2, 0.25) is 5.91 Å². The van der Waals surface area contributed by atoms with E-state index in [2.05, 4.69) is 34.8 Å². The van der Waals surface area contributed by atoms with Crippen LogP contribution in [0.1, 0.15) is 18.9 Å². The van der Waals surface area contributed by atoms with E-state index in [0.717, 1.165) is 17.7 Å². The Morgan fingerprint density at radius 3 is 2.66 bits per heavy atom. The number of nitrogens with zero attached hydrogens (tertiary/aromatic N) is 2. The van der Waals surface area contributed by atoms with Gasteiger partial charge in [0.05, 0.1) is 11.4 Å². The van der Waals surface area contributed by atoms with E-state index < -0.39 is 0 Å². The molecule has 0 radical (unpaired) electrons. The molecule has 1 aliphatic rings. The Morgan fingerprint density at radius 2 is 1.93 bits per heavy atom. The quantitative estimate of drug-likeness (QED) is 0.670. The van der Waals surface area contributed by atoms with Gasteiger partial charge in [-0.1, -0.05) is 49.4 Å². The maximum atomic E-state index is 12.7. The lowest BCUT2D eigenvalue weighted by Gasteiger charge is -2.28. The van der Waals surface area contributed by atoms with Gasteiger partial charge in [0.1, 0.15) is 5.70 Å². The van der Waals surface area contributed by atoms with Gasteiger partial charge < -0.3 is 0 Å². The highest BCUT2D eigenvalue weighted by Crippen LogP contribution is 2.26. The van der Waals surface area contributed by atoms with Crippen LogP contribution >= 0.6 is 11.3 Å². The molecule has 0 aliphatic carbocycles. The molecule has 0 unspecified atom stereocenters. The molecule has 2 aromatic carbocycles. The van der Waals surface area contributed by atoms with Gasteiger partial charge in [-0.15, -0.1) is 11.3 Å². The summed E-state index contributed by atoms with van der Waals surface area (Å²) in [5, 5.41) is 6.62. The molecule has 0 saturated carbocycles. The van der Waals surface area contributed by atoms with Crippen LogP contribution in [0.3, 0.4) is 0 Å². The molecule has 0 saturated heterocycles. The third-order valence-electron chi connectivity index (χ3n) is 4.60. The van der Waals surface area contributed by atoms with Crippen LogP contribution in [0.15, 0.2) is 71.8 Å². The number of para-hydroxylation sites is 1. The fourth-order valence-electron chi connectivity index (χ4n) is 2.98. The summed E-state index contributed by atoms with van der Waals surface area (Å²) in [5.74, 6) is -0.458. The maximum Gasteiger partial charge on any atom is 0.275 e. The van der Waals surface area contributed by atoms with Crippen LogP contribution in [0.5, 0.6) is 0 Å². The van der Waals surface area contributed by atoms with E-state index in [0.29, 0.717) is 16.5 Å². The van der Waals surface area contributed by atoms with Gasteiger partial charge in [-0.25, -0.2) is 9.99 Å². The molecule has 4 rings (SSSR count). The maximum absolute atomic E-state index is 12.7. The second-order valence-corrected chi connectivity index (χ2v) is 7.40. The van der Waals surface area contributed by atoms with E-state index in [4.69, 9.17) is 0 Å². The van der Waals surface area contributed by atoms with Crippen molar-refractivity contribution in [2.75, 3.05) is 10.3 Å². The van der Waals surface area contributed by atoms with Gasteiger partial charge in [-0.2, -0.15) is 0 Å². The van der Waals surface area contributed by atoms with Crippen LogP contribution in [-0.4, -0.2) is 16.8 Å². The molecule has 0 atom stereocenters. The summed E-state index contributed by atoms with van der Waals surface area (Å²) in [6.07, 6.45) is 2.73. The number of anilines is 2. The van der Waals surface area contributed by atoms with Crippen molar-refractivity contribution in [3.8, 4) is 11.3 Å². The normalized spacial score (nSPS) is 13.6. The van der Waals surface area contributed by atoms with Gasteiger partial charge in [0.25, 0.3) is 5.91 Å². The van der Waals surface area contributed by atoms with Crippen LogP contribution in [0.4, 0.5) is 10.8 Å². The number of aromatic nitrogens is 1. The largest absolute Gasteiger partial charge is 0.297 e. The number of rotatable bonds is 5. The summed E-state index contributed by atoms with van der Waals surface area (Å²) in [5.41, 5.74) is 7.00. The molecule has 7 heteroatoms. The van der Waals surface area contributed by atoms with Gasteiger partial charge in [0, 0.05) is 17.4 Å². The zero-order chi connectivity index (χ0) is 20.2. The van der Waals surface area contributed by atoms with Gasteiger partial charge in [0.15, 0.2) is 5.13 Å². The van der Waals surface area contributed by atoms with Crippen molar-refractivity contribution < 1.29 is 9.59 Å². The van der Waals surface area contributed by atoms with Crippen molar-refractivity contribution >= 4 is 34.0 Å². The van der Waals surface area contributed by atoms with E-state index in [9.17, 15) is 9.59 Å². The lowest BCUT2D eigenvalue weighted by Crippen LogP contribution is -2.47. The minimum Gasteiger partial charge on any atom is -0.297 e.